The Kier molecular flexibility index (Phi) is 5.11. The first-order valence-electron chi connectivity index (χ1n) is 9.45. The van der Waals surface area contributed by atoms with Crippen LogP contribution in [0.2, 0.25) is 0 Å². The van der Waals surface area contributed by atoms with Gasteiger partial charge in [0.1, 0.15) is 17.5 Å². The molecule has 27 heavy (non-hydrogen) atoms. The van der Waals surface area contributed by atoms with E-state index in [-0.39, 0.29) is 0 Å². The Morgan fingerprint density at radius 3 is 2.89 bits per heavy atom. The number of anilines is 2. The van der Waals surface area contributed by atoms with Gasteiger partial charge in [0, 0.05) is 30.1 Å². The lowest BCUT2D eigenvalue weighted by Crippen LogP contribution is -2.33. The van der Waals surface area contributed by atoms with E-state index in [1.807, 2.05) is 31.3 Å². The summed E-state index contributed by atoms with van der Waals surface area (Å²) in [5.41, 5.74) is 3.46. The van der Waals surface area contributed by atoms with Crippen LogP contribution in [-0.2, 0) is 6.54 Å². The fourth-order valence-corrected chi connectivity index (χ4v) is 3.66. The molecule has 1 saturated heterocycles. The lowest BCUT2D eigenvalue weighted by atomic mass is 9.98. The van der Waals surface area contributed by atoms with E-state index in [1.54, 1.807) is 6.20 Å². The van der Waals surface area contributed by atoms with Gasteiger partial charge in [-0.2, -0.15) is 5.10 Å². The maximum absolute atomic E-state index is 4.76. The molecule has 4 heterocycles. The first-order chi connectivity index (χ1) is 13.2. The molecule has 3 aromatic heterocycles. The van der Waals surface area contributed by atoms with Gasteiger partial charge in [-0.25, -0.2) is 15.0 Å². The van der Waals surface area contributed by atoms with Gasteiger partial charge in [-0.3, -0.25) is 10.00 Å². The molecule has 2 N–H and O–H groups in total. The number of nitrogens with zero attached hydrogens (tertiary/aromatic N) is 5. The van der Waals surface area contributed by atoms with E-state index in [0.717, 1.165) is 48.4 Å². The molecule has 1 aliphatic rings. The molecule has 1 atom stereocenters. The Hall–Kier alpha value is -2.80. The molecule has 0 bridgehead atoms. The number of H-pyrrole nitrogens is 1. The van der Waals surface area contributed by atoms with Crippen LogP contribution in [0.15, 0.2) is 36.7 Å². The van der Waals surface area contributed by atoms with Crippen LogP contribution < -0.4 is 5.32 Å². The van der Waals surface area contributed by atoms with Crippen LogP contribution in [0.5, 0.6) is 0 Å². The molecule has 4 rings (SSSR count). The Bertz CT molecular complexity index is 890. The number of hydrogen-bond donors (Lipinski definition) is 2. The Morgan fingerprint density at radius 1 is 1.19 bits per heavy atom. The van der Waals surface area contributed by atoms with Crippen LogP contribution in [0.25, 0.3) is 0 Å². The summed E-state index contributed by atoms with van der Waals surface area (Å²) < 4.78 is 0. The number of aryl methyl sites for hydroxylation is 2. The van der Waals surface area contributed by atoms with E-state index in [4.69, 9.17) is 4.98 Å². The summed E-state index contributed by atoms with van der Waals surface area (Å²) in [6.07, 6.45) is 7.25. The summed E-state index contributed by atoms with van der Waals surface area (Å²) >= 11 is 0. The Morgan fingerprint density at radius 2 is 2.11 bits per heavy atom. The highest BCUT2D eigenvalue weighted by Crippen LogP contribution is 2.32. The van der Waals surface area contributed by atoms with Crippen molar-refractivity contribution in [1.82, 2.24) is 30.0 Å². The Labute approximate surface area is 159 Å². The van der Waals surface area contributed by atoms with Gasteiger partial charge in [-0.15, -0.1) is 0 Å². The van der Waals surface area contributed by atoms with Gasteiger partial charge in [-0.05, 0) is 45.4 Å². The number of likely N-dealkylation sites (tertiary alicyclic amines) is 1. The van der Waals surface area contributed by atoms with Crippen LogP contribution in [0.3, 0.4) is 0 Å². The molecule has 7 nitrogen and oxygen atoms in total. The van der Waals surface area contributed by atoms with Gasteiger partial charge in [0.05, 0.1) is 17.9 Å². The molecule has 0 saturated carbocycles. The SMILES string of the molecule is Cc1nc(Nc2ccccn2)cc(C2CCCCN2Cc2cn[nH]c2C)n1. The van der Waals surface area contributed by atoms with Crippen molar-refractivity contribution in [2.24, 2.45) is 0 Å². The third-order valence-electron chi connectivity index (χ3n) is 5.04. The molecule has 0 aromatic carbocycles. The van der Waals surface area contributed by atoms with Gasteiger partial charge in [0.15, 0.2) is 0 Å². The molecule has 0 radical (unpaired) electrons. The van der Waals surface area contributed by atoms with Gasteiger partial charge in [0.2, 0.25) is 0 Å². The van der Waals surface area contributed by atoms with Crippen molar-refractivity contribution >= 4 is 11.6 Å². The van der Waals surface area contributed by atoms with Crippen LogP contribution in [0.4, 0.5) is 11.6 Å². The summed E-state index contributed by atoms with van der Waals surface area (Å²) in [5.74, 6) is 2.35. The highest BCUT2D eigenvalue weighted by Gasteiger charge is 2.26. The molecule has 0 aliphatic carbocycles. The third kappa shape index (κ3) is 4.14. The predicted octanol–water partition coefficient (Wildman–Crippen LogP) is 3.68. The zero-order valence-electron chi connectivity index (χ0n) is 15.8. The fraction of sp³-hybridized carbons (Fsp3) is 0.400. The van der Waals surface area contributed by atoms with E-state index in [2.05, 4.69) is 43.4 Å². The molecule has 3 aromatic rings. The summed E-state index contributed by atoms with van der Waals surface area (Å²) in [6, 6.07) is 8.15. The van der Waals surface area contributed by atoms with Crippen molar-refractivity contribution < 1.29 is 0 Å². The van der Waals surface area contributed by atoms with Crippen molar-refractivity contribution in [3.05, 3.63) is 59.4 Å². The molecule has 1 unspecified atom stereocenters. The van der Waals surface area contributed by atoms with E-state index in [0.29, 0.717) is 6.04 Å². The fourth-order valence-electron chi connectivity index (χ4n) is 3.66. The van der Waals surface area contributed by atoms with Crippen molar-refractivity contribution in [3.63, 3.8) is 0 Å². The lowest BCUT2D eigenvalue weighted by Gasteiger charge is -2.35. The van der Waals surface area contributed by atoms with Crippen LogP contribution >= 0.6 is 0 Å². The van der Waals surface area contributed by atoms with Gasteiger partial charge >= 0.3 is 0 Å². The zero-order chi connectivity index (χ0) is 18.6. The van der Waals surface area contributed by atoms with Crippen LogP contribution in [0.1, 0.15) is 48.1 Å². The van der Waals surface area contributed by atoms with E-state index >= 15 is 0 Å². The number of nitrogens with one attached hydrogen (secondary N) is 2. The Balaban J connectivity index is 1.59. The highest BCUT2D eigenvalue weighted by atomic mass is 15.2. The lowest BCUT2D eigenvalue weighted by molar-refractivity contribution is 0.137. The minimum Gasteiger partial charge on any atom is -0.325 e. The number of rotatable bonds is 5. The monoisotopic (exact) mass is 363 g/mol. The molecular formula is C20H25N7. The van der Waals surface area contributed by atoms with Gasteiger partial charge < -0.3 is 5.32 Å². The maximum Gasteiger partial charge on any atom is 0.135 e. The molecule has 0 amide bonds. The minimum atomic E-state index is 0.291. The van der Waals surface area contributed by atoms with Crippen molar-refractivity contribution in [2.75, 3.05) is 11.9 Å². The largest absolute Gasteiger partial charge is 0.325 e. The average Bonchev–Trinajstić information content (AvgIpc) is 3.07. The number of aromatic nitrogens is 5. The first kappa shape index (κ1) is 17.6. The molecule has 0 spiro atoms. The topological polar surface area (TPSA) is 82.6 Å². The highest BCUT2D eigenvalue weighted by molar-refractivity contribution is 5.51. The third-order valence-corrected chi connectivity index (χ3v) is 5.04. The number of aromatic amines is 1. The van der Waals surface area contributed by atoms with Crippen molar-refractivity contribution in [2.45, 2.75) is 45.7 Å². The molecular weight excluding hydrogens is 338 g/mol. The number of piperidine rings is 1. The van der Waals surface area contributed by atoms with Crippen LogP contribution in [-0.4, -0.2) is 36.6 Å². The summed E-state index contributed by atoms with van der Waals surface area (Å²) in [5, 5.41) is 10.5. The quantitative estimate of drug-likeness (QED) is 0.719. The smallest absolute Gasteiger partial charge is 0.135 e. The average molecular weight is 363 g/mol. The molecule has 140 valence electrons. The number of hydrogen-bond acceptors (Lipinski definition) is 6. The second-order valence-corrected chi connectivity index (χ2v) is 7.07. The normalized spacial score (nSPS) is 17.8. The molecule has 1 aliphatic heterocycles. The zero-order valence-corrected chi connectivity index (χ0v) is 15.8. The van der Waals surface area contributed by atoms with Gasteiger partial charge in [0.25, 0.3) is 0 Å². The van der Waals surface area contributed by atoms with E-state index < -0.39 is 0 Å². The predicted molar refractivity (Wildman–Crippen MR) is 105 cm³/mol. The molecule has 7 heteroatoms. The summed E-state index contributed by atoms with van der Waals surface area (Å²) in [4.78, 5) is 16.1. The molecule has 1 fully saturated rings. The standard InChI is InChI=1S/C20H25N7/c1-14-16(12-22-26-14)13-27-10-6-4-7-18(27)17-11-20(24-15(2)23-17)25-19-8-3-5-9-21-19/h3,5,8-9,11-12,18H,4,6-7,10,13H2,1-2H3,(H,22,26)(H,21,23,24,25). The summed E-state index contributed by atoms with van der Waals surface area (Å²) in [6.45, 7) is 5.98. The van der Waals surface area contributed by atoms with Crippen molar-refractivity contribution in [1.29, 1.82) is 0 Å². The van der Waals surface area contributed by atoms with Crippen LogP contribution in [0, 0.1) is 13.8 Å². The van der Waals surface area contributed by atoms with Gasteiger partial charge in [-0.1, -0.05) is 12.5 Å². The minimum absolute atomic E-state index is 0.291. The van der Waals surface area contributed by atoms with Crippen molar-refractivity contribution in [3.8, 4) is 0 Å². The van der Waals surface area contributed by atoms with E-state index in [1.165, 1.54) is 18.4 Å². The van der Waals surface area contributed by atoms with E-state index in [9.17, 15) is 0 Å². The second-order valence-electron chi connectivity index (χ2n) is 7.07. The number of pyridine rings is 1. The second kappa shape index (κ2) is 7.84. The first-order valence-corrected chi connectivity index (χ1v) is 9.45. The maximum atomic E-state index is 4.76. The summed E-state index contributed by atoms with van der Waals surface area (Å²) in [7, 11) is 0.